The van der Waals surface area contributed by atoms with Gasteiger partial charge in [-0.05, 0) is 48.3 Å². The molecule has 6 heteroatoms. The highest BCUT2D eigenvalue weighted by Crippen LogP contribution is 2.44. The van der Waals surface area contributed by atoms with E-state index in [0.29, 0.717) is 22.0 Å². The molecule has 0 spiro atoms. The van der Waals surface area contributed by atoms with Crippen LogP contribution in [-0.4, -0.2) is 24.0 Å². The number of fused-ring (bicyclic) bond motifs is 1. The van der Waals surface area contributed by atoms with Gasteiger partial charge in [-0.2, -0.15) is 0 Å². The lowest BCUT2D eigenvalue weighted by atomic mass is 9.72. The maximum absolute atomic E-state index is 12.5. The molecule has 1 N–H and O–H groups in total. The smallest absolute Gasteiger partial charge is 0.341 e. The van der Waals surface area contributed by atoms with Crippen LogP contribution in [0.15, 0.2) is 24.5 Å². The lowest BCUT2D eigenvalue weighted by Crippen LogP contribution is -2.26. The molecule has 1 amide bonds. The highest BCUT2D eigenvalue weighted by molar-refractivity contribution is 7.17. The number of hydrogen-bond acceptors (Lipinski definition) is 5. The van der Waals surface area contributed by atoms with Crippen molar-refractivity contribution in [3.8, 4) is 0 Å². The minimum absolute atomic E-state index is 0.215. The Hall–Kier alpha value is -2.21. The molecule has 5 nitrogen and oxygen atoms in total. The second-order valence-corrected chi connectivity index (χ2v) is 8.81. The number of nitrogens with zero attached hydrogens (tertiary/aromatic N) is 1. The molecule has 138 valence electrons. The standard InChI is InChI=1S/C20H24N2O3S/c1-20(2,3)13-7-8-14-15(10-13)26-18(16(14)19(24)25-4)22-17(23)12-6-5-9-21-11-12/h5-6,9,11,13H,7-8,10H2,1-4H3,(H,22,23)/t13-/m1/s1. The lowest BCUT2D eigenvalue weighted by molar-refractivity contribution is 0.0600. The minimum atomic E-state index is -0.391. The number of aromatic nitrogens is 1. The van der Waals surface area contributed by atoms with Crippen LogP contribution in [-0.2, 0) is 17.6 Å². The van der Waals surface area contributed by atoms with Gasteiger partial charge in [0.15, 0.2) is 0 Å². The normalized spacial score (nSPS) is 16.7. The number of hydrogen-bond donors (Lipinski definition) is 1. The van der Waals surface area contributed by atoms with Crippen molar-refractivity contribution < 1.29 is 14.3 Å². The molecule has 2 aromatic rings. The quantitative estimate of drug-likeness (QED) is 0.814. The fraction of sp³-hybridized carbons (Fsp3) is 0.450. The van der Waals surface area contributed by atoms with E-state index in [1.165, 1.54) is 29.5 Å². The summed E-state index contributed by atoms with van der Waals surface area (Å²) in [4.78, 5) is 30.1. The molecular formula is C20H24N2O3S. The van der Waals surface area contributed by atoms with Crippen LogP contribution in [0.5, 0.6) is 0 Å². The Morgan fingerprint density at radius 1 is 1.35 bits per heavy atom. The molecule has 0 unspecified atom stereocenters. The van der Waals surface area contributed by atoms with Crippen molar-refractivity contribution in [1.29, 1.82) is 0 Å². The van der Waals surface area contributed by atoms with Crippen molar-refractivity contribution in [1.82, 2.24) is 4.98 Å². The van der Waals surface area contributed by atoms with Gasteiger partial charge in [-0.3, -0.25) is 9.78 Å². The predicted molar refractivity (Wildman–Crippen MR) is 103 cm³/mol. The fourth-order valence-corrected chi connectivity index (χ4v) is 4.71. The molecule has 0 saturated heterocycles. The van der Waals surface area contributed by atoms with E-state index in [0.717, 1.165) is 24.8 Å². The van der Waals surface area contributed by atoms with Gasteiger partial charge in [0.25, 0.3) is 5.91 Å². The number of esters is 1. The Morgan fingerprint density at radius 3 is 2.73 bits per heavy atom. The summed E-state index contributed by atoms with van der Waals surface area (Å²) in [5.41, 5.74) is 2.22. The topological polar surface area (TPSA) is 68.3 Å². The molecule has 2 heterocycles. The molecule has 26 heavy (non-hydrogen) atoms. The number of pyridine rings is 1. The monoisotopic (exact) mass is 372 g/mol. The third-order valence-corrected chi connectivity index (χ3v) is 6.20. The van der Waals surface area contributed by atoms with Gasteiger partial charge in [0, 0.05) is 17.3 Å². The number of methoxy groups -OCH3 is 1. The van der Waals surface area contributed by atoms with Crippen LogP contribution in [0.4, 0.5) is 5.00 Å². The number of rotatable bonds is 3. The van der Waals surface area contributed by atoms with E-state index in [9.17, 15) is 9.59 Å². The summed E-state index contributed by atoms with van der Waals surface area (Å²) < 4.78 is 4.99. The van der Waals surface area contributed by atoms with Crippen LogP contribution in [0.1, 0.15) is 58.3 Å². The van der Waals surface area contributed by atoms with Crippen molar-refractivity contribution in [2.45, 2.75) is 40.0 Å². The number of carbonyl (C=O) groups excluding carboxylic acids is 2. The van der Waals surface area contributed by atoms with Gasteiger partial charge in [0.2, 0.25) is 0 Å². The second kappa shape index (κ2) is 7.19. The highest BCUT2D eigenvalue weighted by Gasteiger charge is 2.34. The Labute approximate surface area is 157 Å². The van der Waals surface area contributed by atoms with E-state index in [1.54, 1.807) is 18.3 Å². The van der Waals surface area contributed by atoms with Gasteiger partial charge in [-0.25, -0.2) is 4.79 Å². The van der Waals surface area contributed by atoms with Crippen LogP contribution in [0, 0.1) is 11.3 Å². The zero-order chi connectivity index (χ0) is 18.9. The summed E-state index contributed by atoms with van der Waals surface area (Å²) in [6.07, 6.45) is 5.92. The van der Waals surface area contributed by atoms with E-state index in [4.69, 9.17) is 4.74 Å². The van der Waals surface area contributed by atoms with Crippen LogP contribution in [0.25, 0.3) is 0 Å². The number of carbonyl (C=O) groups is 2. The molecule has 0 fully saturated rings. The van der Waals surface area contributed by atoms with Crippen LogP contribution >= 0.6 is 11.3 Å². The molecule has 1 atom stereocenters. The largest absolute Gasteiger partial charge is 0.465 e. The maximum atomic E-state index is 12.5. The maximum Gasteiger partial charge on any atom is 0.341 e. The van der Waals surface area contributed by atoms with Gasteiger partial charge in [-0.15, -0.1) is 11.3 Å². The summed E-state index contributed by atoms with van der Waals surface area (Å²) >= 11 is 1.50. The van der Waals surface area contributed by atoms with Gasteiger partial charge < -0.3 is 10.1 Å². The molecular weight excluding hydrogens is 348 g/mol. The SMILES string of the molecule is COC(=O)c1c(NC(=O)c2cccnc2)sc2c1CC[C@@H](C(C)(C)C)C2. The van der Waals surface area contributed by atoms with Crippen LogP contribution < -0.4 is 5.32 Å². The van der Waals surface area contributed by atoms with Gasteiger partial charge in [-0.1, -0.05) is 20.8 Å². The number of nitrogens with one attached hydrogen (secondary N) is 1. The molecule has 0 saturated carbocycles. The van der Waals surface area contributed by atoms with Crippen molar-refractivity contribution in [2.75, 3.05) is 12.4 Å². The average Bonchev–Trinajstić information content (AvgIpc) is 2.98. The van der Waals surface area contributed by atoms with E-state index in [-0.39, 0.29) is 11.3 Å². The molecule has 1 aliphatic carbocycles. The number of anilines is 1. The zero-order valence-corrected chi connectivity index (χ0v) is 16.4. The van der Waals surface area contributed by atoms with Crippen molar-refractivity contribution >= 4 is 28.2 Å². The molecule has 0 radical (unpaired) electrons. The molecule has 1 aliphatic rings. The predicted octanol–water partition coefficient (Wildman–Crippen LogP) is 4.33. The summed E-state index contributed by atoms with van der Waals surface area (Å²) in [6, 6.07) is 3.41. The first-order valence-corrected chi connectivity index (χ1v) is 9.57. The molecule has 0 aliphatic heterocycles. The average molecular weight is 372 g/mol. The van der Waals surface area contributed by atoms with Crippen molar-refractivity contribution in [3.05, 3.63) is 46.1 Å². The Bertz CT molecular complexity index is 822. The summed E-state index contributed by atoms with van der Waals surface area (Å²) in [5.74, 6) is -0.103. The highest BCUT2D eigenvalue weighted by atomic mass is 32.1. The Balaban J connectivity index is 1.94. The number of ether oxygens (including phenoxy) is 1. The third-order valence-electron chi connectivity index (χ3n) is 5.03. The molecule has 0 aromatic carbocycles. The Morgan fingerprint density at radius 2 is 2.12 bits per heavy atom. The first kappa shape index (κ1) is 18.6. The molecule has 2 aromatic heterocycles. The van der Waals surface area contributed by atoms with E-state index in [1.807, 2.05) is 0 Å². The van der Waals surface area contributed by atoms with E-state index in [2.05, 4.69) is 31.1 Å². The molecule has 0 bridgehead atoms. The van der Waals surface area contributed by atoms with Crippen molar-refractivity contribution in [2.24, 2.45) is 11.3 Å². The third kappa shape index (κ3) is 3.65. The minimum Gasteiger partial charge on any atom is -0.465 e. The van der Waals surface area contributed by atoms with E-state index < -0.39 is 5.97 Å². The fourth-order valence-electron chi connectivity index (χ4n) is 3.40. The summed E-state index contributed by atoms with van der Waals surface area (Å²) in [6.45, 7) is 6.76. The van der Waals surface area contributed by atoms with Crippen LogP contribution in [0.3, 0.4) is 0 Å². The molecule has 3 rings (SSSR count). The van der Waals surface area contributed by atoms with Crippen molar-refractivity contribution in [3.63, 3.8) is 0 Å². The summed E-state index contributed by atoms with van der Waals surface area (Å²) in [5, 5.41) is 3.47. The first-order chi connectivity index (χ1) is 12.3. The lowest BCUT2D eigenvalue weighted by Gasteiger charge is -2.33. The second-order valence-electron chi connectivity index (χ2n) is 7.70. The van der Waals surface area contributed by atoms with Gasteiger partial charge in [0.1, 0.15) is 5.00 Å². The number of amides is 1. The van der Waals surface area contributed by atoms with Gasteiger partial charge >= 0.3 is 5.97 Å². The zero-order valence-electron chi connectivity index (χ0n) is 15.6. The van der Waals surface area contributed by atoms with Crippen LogP contribution in [0.2, 0.25) is 0 Å². The van der Waals surface area contributed by atoms with E-state index >= 15 is 0 Å². The first-order valence-electron chi connectivity index (χ1n) is 8.75. The van der Waals surface area contributed by atoms with Gasteiger partial charge in [0.05, 0.1) is 18.2 Å². The Kier molecular flexibility index (Phi) is 5.14. The summed E-state index contributed by atoms with van der Waals surface area (Å²) in [7, 11) is 1.37. The number of thiophene rings is 1.